The average molecular weight is 267 g/mol. The van der Waals surface area contributed by atoms with Gasteiger partial charge in [-0.25, -0.2) is 14.4 Å². The van der Waals surface area contributed by atoms with Gasteiger partial charge in [0.15, 0.2) is 0 Å². The van der Waals surface area contributed by atoms with Crippen LogP contribution < -0.4 is 11.1 Å². The fraction of sp³-hybridized carbons (Fsp3) is 0. The maximum Gasteiger partial charge on any atom is 0.259 e. The van der Waals surface area contributed by atoms with Gasteiger partial charge in [-0.15, -0.1) is 0 Å². The van der Waals surface area contributed by atoms with Crippen molar-refractivity contribution in [3.05, 3.63) is 47.1 Å². The fourth-order valence-corrected chi connectivity index (χ4v) is 1.47. The monoisotopic (exact) mass is 266 g/mol. The Hall–Kier alpha value is -2.21. The van der Waals surface area contributed by atoms with Crippen LogP contribution in [0, 0.1) is 5.82 Å². The smallest absolute Gasteiger partial charge is 0.259 e. The van der Waals surface area contributed by atoms with Crippen LogP contribution in [0.2, 0.25) is 5.28 Å². The average Bonchev–Trinajstić information content (AvgIpc) is 2.32. The zero-order valence-corrected chi connectivity index (χ0v) is 9.78. The quantitative estimate of drug-likeness (QED) is 0.644. The molecule has 92 valence electrons. The molecule has 0 bridgehead atoms. The zero-order chi connectivity index (χ0) is 13.1. The van der Waals surface area contributed by atoms with Crippen LogP contribution in [-0.4, -0.2) is 15.9 Å². The number of carbonyl (C=O) groups excluding carboxylic acids is 1. The number of para-hydroxylation sites is 1. The Morgan fingerprint density at radius 3 is 2.89 bits per heavy atom. The van der Waals surface area contributed by atoms with Crippen molar-refractivity contribution in [2.45, 2.75) is 0 Å². The standard InChI is InChI=1S/C11H8ClFN4O/c12-11-15-5-4-8(17-11)16-10(18)6-2-1-3-7(13)9(6)14/h1-5H,14H2,(H,15,16,17,18). The number of anilines is 2. The van der Waals surface area contributed by atoms with Gasteiger partial charge in [-0.05, 0) is 29.8 Å². The number of aromatic nitrogens is 2. The summed E-state index contributed by atoms with van der Waals surface area (Å²) in [4.78, 5) is 19.3. The van der Waals surface area contributed by atoms with Crippen LogP contribution in [-0.2, 0) is 0 Å². The molecule has 1 amide bonds. The molecule has 0 saturated heterocycles. The SMILES string of the molecule is Nc1c(F)cccc1C(=O)Nc1ccnc(Cl)n1. The molecule has 7 heteroatoms. The minimum absolute atomic E-state index is 0.0000131. The molecule has 1 heterocycles. The molecule has 0 radical (unpaired) electrons. The molecule has 0 aliphatic heterocycles. The zero-order valence-electron chi connectivity index (χ0n) is 9.02. The van der Waals surface area contributed by atoms with E-state index in [0.717, 1.165) is 0 Å². The van der Waals surface area contributed by atoms with Gasteiger partial charge >= 0.3 is 0 Å². The van der Waals surface area contributed by atoms with E-state index in [1.165, 1.54) is 30.5 Å². The van der Waals surface area contributed by atoms with Crippen molar-refractivity contribution in [2.24, 2.45) is 0 Å². The van der Waals surface area contributed by atoms with Gasteiger partial charge in [-0.2, -0.15) is 0 Å². The number of hydrogen-bond acceptors (Lipinski definition) is 4. The summed E-state index contributed by atoms with van der Waals surface area (Å²) in [7, 11) is 0. The maximum absolute atomic E-state index is 13.2. The molecule has 1 aromatic carbocycles. The molecule has 0 spiro atoms. The van der Waals surface area contributed by atoms with Crippen molar-refractivity contribution >= 4 is 29.0 Å². The van der Waals surface area contributed by atoms with Crippen LogP contribution in [0.3, 0.4) is 0 Å². The van der Waals surface area contributed by atoms with Crippen LogP contribution in [0.15, 0.2) is 30.5 Å². The summed E-state index contributed by atoms with van der Waals surface area (Å²) in [5.41, 5.74) is 5.29. The number of carbonyl (C=O) groups is 1. The summed E-state index contributed by atoms with van der Waals surface area (Å²) in [6, 6.07) is 5.44. The second-order valence-electron chi connectivity index (χ2n) is 3.37. The first kappa shape index (κ1) is 12.3. The van der Waals surface area contributed by atoms with E-state index in [9.17, 15) is 9.18 Å². The topological polar surface area (TPSA) is 80.9 Å². The van der Waals surface area contributed by atoms with Crippen molar-refractivity contribution in [1.29, 1.82) is 0 Å². The highest BCUT2D eigenvalue weighted by Crippen LogP contribution is 2.17. The Balaban J connectivity index is 2.25. The van der Waals surface area contributed by atoms with Gasteiger partial charge in [0.05, 0.1) is 11.3 Å². The lowest BCUT2D eigenvalue weighted by Gasteiger charge is -2.07. The third-order valence-corrected chi connectivity index (χ3v) is 2.35. The Labute approximate surface area is 107 Å². The first-order valence-corrected chi connectivity index (χ1v) is 5.29. The molecule has 5 nitrogen and oxygen atoms in total. The van der Waals surface area contributed by atoms with E-state index in [1.807, 2.05) is 0 Å². The molecule has 1 aromatic heterocycles. The molecule has 0 unspecified atom stereocenters. The first-order chi connectivity index (χ1) is 8.58. The van der Waals surface area contributed by atoms with Crippen molar-refractivity contribution in [1.82, 2.24) is 9.97 Å². The Morgan fingerprint density at radius 2 is 2.17 bits per heavy atom. The van der Waals surface area contributed by atoms with Gasteiger partial charge in [-0.1, -0.05) is 6.07 Å². The highest BCUT2D eigenvalue weighted by Gasteiger charge is 2.13. The molecule has 0 fully saturated rings. The van der Waals surface area contributed by atoms with Gasteiger partial charge in [0.25, 0.3) is 5.91 Å². The van der Waals surface area contributed by atoms with Crippen molar-refractivity contribution < 1.29 is 9.18 Å². The highest BCUT2D eigenvalue weighted by molar-refractivity contribution is 6.28. The second kappa shape index (κ2) is 4.97. The van der Waals surface area contributed by atoms with E-state index < -0.39 is 11.7 Å². The summed E-state index contributed by atoms with van der Waals surface area (Å²) in [6.07, 6.45) is 1.39. The Morgan fingerprint density at radius 1 is 1.39 bits per heavy atom. The normalized spacial score (nSPS) is 10.1. The van der Waals surface area contributed by atoms with E-state index in [2.05, 4.69) is 15.3 Å². The second-order valence-corrected chi connectivity index (χ2v) is 3.70. The molecule has 0 saturated carbocycles. The number of nitrogens with one attached hydrogen (secondary N) is 1. The molecule has 2 rings (SSSR count). The lowest BCUT2D eigenvalue weighted by Crippen LogP contribution is -2.15. The molecule has 18 heavy (non-hydrogen) atoms. The van der Waals surface area contributed by atoms with Crippen molar-refractivity contribution in [3.63, 3.8) is 0 Å². The van der Waals surface area contributed by atoms with Gasteiger partial charge in [-0.3, -0.25) is 4.79 Å². The van der Waals surface area contributed by atoms with E-state index in [-0.39, 0.29) is 22.4 Å². The third kappa shape index (κ3) is 2.54. The number of benzene rings is 1. The van der Waals surface area contributed by atoms with Crippen molar-refractivity contribution in [2.75, 3.05) is 11.1 Å². The molecular formula is C11H8ClFN4O. The van der Waals surface area contributed by atoms with E-state index in [4.69, 9.17) is 17.3 Å². The lowest BCUT2D eigenvalue weighted by molar-refractivity contribution is 0.102. The predicted octanol–water partition coefficient (Wildman–Crippen LogP) is 2.10. The number of nitrogens with two attached hydrogens (primary N) is 1. The molecular weight excluding hydrogens is 259 g/mol. The van der Waals surface area contributed by atoms with E-state index in [0.29, 0.717) is 0 Å². The molecule has 3 N–H and O–H groups in total. The van der Waals surface area contributed by atoms with Gasteiger partial charge in [0.2, 0.25) is 5.28 Å². The van der Waals surface area contributed by atoms with Gasteiger partial charge in [0.1, 0.15) is 11.6 Å². The summed E-state index contributed by atoms with van der Waals surface area (Å²) in [5, 5.41) is 2.45. The fourth-order valence-electron chi connectivity index (χ4n) is 1.32. The molecule has 0 aliphatic rings. The molecule has 0 atom stereocenters. The Kier molecular flexibility index (Phi) is 3.38. The largest absolute Gasteiger partial charge is 0.396 e. The minimum Gasteiger partial charge on any atom is -0.396 e. The van der Waals surface area contributed by atoms with Crippen molar-refractivity contribution in [3.8, 4) is 0 Å². The van der Waals surface area contributed by atoms with Gasteiger partial charge < -0.3 is 11.1 Å². The van der Waals surface area contributed by atoms with Crippen LogP contribution in [0.5, 0.6) is 0 Å². The number of rotatable bonds is 2. The highest BCUT2D eigenvalue weighted by atomic mass is 35.5. The number of hydrogen-bond donors (Lipinski definition) is 2. The number of nitrogens with zero attached hydrogens (tertiary/aromatic N) is 2. The summed E-state index contributed by atoms with van der Waals surface area (Å²) >= 11 is 5.57. The number of nitrogen functional groups attached to an aromatic ring is 1. The van der Waals surface area contributed by atoms with Crippen LogP contribution in [0.1, 0.15) is 10.4 Å². The van der Waals surface area contributed by atoms with Gasteiger partial charge in [0, 0.05) is 6.20 Å². The Bertz CT molecular complexity index is 605. The van der Waals surface area contributed by atoms with Crippen LogP contribution >= 0.6 is 11.6 Å². The molecule has 0 aliphatic carbocycles. The maximum atomic E-state index is 13.2. The summed E-state index contributed by atoms with van der Waals surface area (Å²) in [6.45, 7) is 0. The summed E-state index contributed by atoms with van der Waals surface area (Å²) < 4.78 is 13.2. The first-order valence-electron chi connectivity index (χ1n) is 4.92. The summed E-state index contributed by atoms with van der Waals surface area (Å²) in [5.74, 6) is -1.01. The van der Waals surface area contributed by atoms with E-state index >= 15 is 0 Å². The number of halogens is 2. The van der Waals surface area contributed by atoms with Crippen LogP contribution in [0.4, 0.5) is 15.9 Å². The van der Waals surface area contributed by atoms with E-state index in [1.54, 1.807) is 0 Å². The minimum atomic E-state index is -0.650. The number of amides is 1. The lowest BCUT2D eigenvalue weighted by atomic mass is 10.1. The third-order valence-electron chi connectivity index (χ3n) is 2.17. The molecule has 2 aromatic rings. The van der Waals surface area contributed by atoms with Crippen LogP contribution in [0.25, 0.3) is 0 Å². The predicted molar refractivity (Wildman–Crippen MR) is 65.8 cm³/mol.